The van der Waals surface area contributed by atoms with Gasteiger partial charge < -0.3 is 4.52 Å². The van der Waals surface area contributed by atoms with Crippen molar-refractivity contribution in [1.82, 2.24) is 5.16 Å². The molecule has 0 N–H and O–H groups in total. The zero-order valence-electron chi connectivity index (χ0n) is 6.45. The molecular weight excluding hydrogens is 185 g/mol. The fourth-order valence-electron chi connectivity index (χ4n) is 0.760. The first-order valence-electron chi connectivity index (χ1n) is 3.38. The van der Waals surface area contributed by atoms with Gasteiger partial charge in [0.05, 0.1) is 5.69 Å². The summed E-state index contributed by atoms with van der Waals surface area (Å²) in [5, 5.41) is 3.51. The predicted octanol–water partition coefficient (Wildman–Crippen LogP) is 1.04. The summed E-state index contributed by atoms with van der Waals surface area (Å²) in [6.07, 6.45) is 0.635. The lowest BCUT2D eigenvalue weighted by atomic mass is 10.3. The molecule has 0 radical (unpaired) electrons. The van der Waals surface area contributed by atoms with Crippen molar-refractivity contribution in [2.75, 3.05) is 0 Å². The van der Waals surface area contributed by atoms with Gasteiger partial charge in [-0.05, 0) is 6.42 Å². The van der Waals surface area contributed by atoms with Crippen molar-refractivity contribution in [3.05, 3.63) is 17.5 Å². The summed E-state index contributed by atoms with van der Waals surface area (Å²) in [5.74, 6) is -0.700. The van der Waals surface area contributed by atoms with Crippen LogP contribution in [0.3, 0.4) is 0 Å². The smallest absolute Gasteiger partial charge is 0.309 e. The maximum atomic E-state index is 12.1. The lowest BCUT2D eigenvalue weighted by molar-refractivity contribution is 0.385. The molecular formula is C6H8FNO3S. The van der Waals surface area contributed by atoms with E-state index >= 15 is 0 Å². The topological polar surface area (TPSA) is 60.2 Å². The minimum atomic E-state index is -4.51. The van der Waals surface area contributed by atoms with Crippen molar-refractivity contribution in [3.8, 4) is 0 Å². The van der Waals surface area contributed by atoms with Crippen LogP contribution in [-0.2, 0) is 22.4 Å². The molecule has 0 amide bonds. The minimum absolute atomic E-state index is 0.0364. The van der Waals surface area contributed by atoms with E-state index in [1.807, 2.05) is 6.92 Å². The molecule has 1 aromatic heterocycles. The molecule has 0 aliphatic heterocycles. The molecule has 0 fully saturated rings. The molecule has 0 saturated carbocycles. The number of aryl methyl sites for hydroxylation is 1. The van der Waals surface area contributed by atoms with Gasteiger partial charge in [-0.15, -0.1) is 3.89 Å². The van der Waals surface area contributed by atoms with Crippen molar-refractivity contribution in [2.45, 2.75) is 19.1 Å². The van der Waals surface area contributed by atoms with Gasteiger partial charge in [-0.25, -0.2) is 0 Å². The van der Waals surface area contributed by atoms with E-state index in [1.54, 1.807) is 0 Å². The standard InChI is InChI=1S/C6H8FNO3S/c1-2-5-3-6(11-8-5)4-12(7,9)10/h3H,2,4H2,1H3. The van der Waals surface area contributed by atoms with Gasteiger partial charge in [0.15, 0.2) is 5.76 Å². The summed E-state index contributed by atoms with van der Waals surface area (Å²) in [6.45, 7) is 1.84. The summed E-state index contributed by atoms with van der Waals surface area (Å²) in [4.78, 5) is 0. The quantitative estimate of drug-likeness (QED) is 0.673. The maximum absolute atomic E-state index is 12.1. The number of halogens is 1. The van der Waals surface area contributed by atoms with Gasteiger partial charge >= 0.3 is 10.2 Å². The number of rotatable bonds is 3. The summed E-state index contributed by atoms with van der Waals surface area (Å²) in [7, 11) is -4.51. The van der Waals surface area contributed by atoms with Crippen molar-refractivity contribution in [1.29, 1.82) is 0 Å². The van der Waals surface area contributed by atoms with Gasteiger partial charge in [-0.3, -0.25) is 0 Å². The molecule has 1 aromatic rings. The molecule has 0 spiro atoms. The third-order valence-corrected chi connectivity index (χ3v) is 1.91. The highest BCUT2D eigenvalue weighted by atomic mass is 32.3. The zero-order valence-corrected chi connectivity index (χ0v) is 7.27. The third kappa shape index (κ3) is 2.61. The van der Waals surface area contributed by atoms with Crippen molar-refractivity contribution in [2.24, 2.45) is 0 Å². The predicted molar refractivity (Wildman–Crippen MR) is 39.6 cm³/mol. The Morgan fingerprint density at radius 3 is 2.75 bits per heavy atom. The van der Waals surface area contributed by atoms with Gasteiger partial charge in [-0.2, -0.15) is 8.42 Å². The van der Waals surface area contributed by atoms with E-state index < -0.39 is 16.0 Å². The third-order valence-electron chi connectivity index (χ3n) is 1.28. The number of nitrogens with zero attached hydrogens (tertiary/aromatic N) is 1. The van der Waals surface area contributed by atoms with Crippen LogP contribution >= 0.6 is 0 Å². The van der Waals surface area contributed by atoms with Crippen LogP contribution in [0.5, 0.6) is 0 Å². The zero-order chi connectivity index (χ0) is 9.19. The average Bonchev–Trinajstić information content (AvgIpc) is 2.32. The maximum Gasteiger partial charge on any atom is 0.309 e. The van der Waals surface area contributed by atoms with Crippen molar-refractivity contribution in [3.63, 3.8) is 0 Å². The van der Waals surface area contributed by atoms with Gasteiger partial charge in [0.2, 0.25) is 0 Å². The Labute approximate surface area is 69.6 Å². The van der Waals surface area contributed by atoms with E-state index in [9.17, 15) is 12.3 Å². The highest BCUT2D eigenvalue weighted by Gasteiger charge is 2.13. The van der Waals surface area contributed by atoms with E-state index in [4.69, 9.17) is 0 Å². The number of hydrogen-bond donors (Lipinski definition) is 0. The van der Waals surface area contributed by atoms with Crippen LogP contribution in [0.1, 0.15) is 18.4 Å². The largest absolute Gasteiger partial charge is 0.360 e. The molecule has 68 valence electrons. The van der Waals surface area contributed by atoms with E-state index in [0.717, 1.165) is 0 Å². The molecule has 4 nitrogen and oxygen atoms in total. The van der Waals surface area contributed by atoms with E-state index in [0.29, 0.717) is 12.1 Å². The molecule has 0 aliphatic carbocycles. The Bertz CT molecular complexity index is 357. The molecule has 1 heterocycles. The lowest BCUT2D eigenvalue weighted by Crippen LogP contribution is -1.93. The molecule has 0 aliphatic rings. The summed E-state index contributed by atoms with van der Waals surface area (Å²) in [5.41, 5.74) is 0.619. The Hall–Kier alpha value is -0.910. The van der Waals surface area contributed by atoms with Crippen molar-refractivity contribution >= 4 is 10.2 Å². The van der Waals surface area contributed by atoms with Crippen LogP contribution < -0.4 is 0 Å². The first-order chi connectivity index (χ1) is 5.51. The monoisotopic (exact) mass is 193 g/mol. The average molecular weight is 193 g/mol. The van der Waals surface area contributed by atoms with E-state index in [1.165, 1.54) is 6.07 Å². The Morgan fingerprint density at radius 2 is 2.33 bits per heavy atom. The second kappa shape index (κ2) is 3.22. The molecule has 0 unspecified atom stereocenters. The van der Waals surface area contributed by atoms with Crippen LogP contribution in [0.2, 0.25) is 0 Å². The first kappa shape index (κ1) is 9.18. The summed E-state index contributed by atoms with van der Waals surface area (Å²) in [6, 6.07) is 1.43. The highest BCUT2D eigenvalue weighted by molar-refractivity contribution is 7.85. The normalized spacial score (nSPS) is 11.8. The van der Waals surface area contributed by atoms with Crippen LogP contribution in [0.25, 0.3) is 0 Å². The minimum Gasteiger partial charge on any atom is -0.360 e. The van der Waals surface area contributed by atoms with Gasteiger partial charge in [0.25, 0.3) is 0 Å². The van der Waals surface area contributed by atoms with Crippen LogP contribution in [0.4, 0.5) is 3.89 Å². The Morgan fingerprint density at radius 1 is 1.67 bits per heavy atom. The molecule has 6 heteroatoms. The highest BCUT2D eigenvalue weighted by Crippen LogP contribution is 2.09. The molecule has 0 aromatic carbocycles. The fourth-order valence-corrected chi connectivity index (χ4v) is 1.24. The lowest BCUT2D eigenvalue weighted by Gasteiger charge is -1.85. The molecule has 1 rings (SSSR count). The van der Waals surface area contributed by atoms with Crippen LogP contribution in [-0.4, -0.2) is 13.6 Å². The SMILES string of the molecule is CCc1cc(CS(=O)(=O)F)on1. The van der Waals surface area contributed by atoms with Gasteiger partial charge in [0.1, 0.15) is 5.75 Å². The second-order valence-corrected chi connectivity index (χ2v) is 3.69. The summed E-state index contributed by atoms with van der Waals surface area (Å²) >= 11 is 0. The number of hydrogen-bond acceptors (Lipinski definition) is 4. The van der Waals surface area contributed by atoms with Crippen LogP contribution in [0.15, 0.2) is 10.6 Å². The second-order valence-electron chi connectivity index (χ2n) is 2.32. The van der Waals surface area contributed by atoms with Crippen LogP contribution in [0, 0.1) is 0 Å². The number of aromatic nitrogens is 1. The molecule has 0 atom stereocenters. The molecule has 12 heavy (non-hydrogen) atoms. The fraction of sp³-hybridized carbons (Fsp3) is 0.500. The summed E-state index contributed by atoms with van der Waals surface area (Å²) < 4.78 is 36.9. The molecule has 0 saturated heterocycles. The Balaban J connectivity index is 2.78. The van der Waals surface area contributed by atoms with E-state index in [2.05, 4.69) is 9.68 Å². The van der Waals surface area contributed by atoms with E-state index in [-0.39, 0.29) is 5.76 Å². The Kier molecular flexibility index (Phi) is 2.46. The first-order valence-corrected chi connectivity index (χ1v) is 4.93. The van der Waals surface area contributed by atoms with Gasteiger partial charge in [-0.1, -0.05) is 12.1 Å². The molecule has 0 bridgehead atoms. The van der Waals surface area contributed by atoms with Gasteiger partial charge in [0, 0.05) is 6.07 Å². The van der Waals surface area contributed by atoms with Crippen molar-refractivity contribution < 1.29 is 16.8 Å².